The van der Waals surface area contributed by atoms with Crippen LogP contribution in [0.25, 0.3) is 10.9 Å². The highest BCUT2D eigenvalue weighted by Crippen LogP contribution is 2.37. The van der Waals surface area contributed by atoms with Crippen molar-refractivity contribution in [2.45, 2.75) is 32.9 Å². The molecule has 37 heavy (non-hydrogen) atoms. The first-order chi connectivity index (χ1) is 18.0. The maximum atomic E-state index is 13.6. The first-order valence-corrected chi connectivity index (χ1v) is 12.4. The van der Waals surface area contributed by atoms with Crippen LogP contribution in [-0.2, 0) is 13.0 Å². The molecule has 0 radical (unpaired) electrons. The van der Waals surface area contributed by atoms with Crippen LogP contribution in [0.1, 0.15) is 39.7 Å². The molecule has 5 aromatic rings. The van der Waals surface area contributed by atoms with Crippen LogP contribution in [0, 0.1) is 13.8 Å². The quantitative estimate of drug-likeness (QED) is 0.379. The van der Waals surface area contributed by atoms with Crippen molar-refractivity contribution in [3.8, 4) is 5.75 Å². The van der Waals surface area contributed by atoms with E-state index >= 15 is 0 Å². The topological polar surface area (TPSA) is 88.9 Å². The van der Waals surface area contributed by atoms with Gasteiger partial charge in [-0.3, -0.25) is 4.79 Å². The number of rotatable bonds is 6. The number of nitrogens with zero attached hydrogens (tertiary/aromatic N) is 5. The van der Waals surface area contributed by atoms with Crippen LogP contribution in [0.5, 0.6) is 5.75 Å². The number of benzene rings is 3. The Labute approximate surface area is 214 Å². The van der Waals surface area contributed by atoms with Crippen LogP contribution in [0.2, 0.25) is 0 Å². The highest BCUT2D eigenvalue weighted by Gasteiger charge is 2.34. The number of aromatic nitrogens is 5. The molecule has 6 rings (SSSR count). The predicted molar refractivity (Wildman–Crippen MR) is 143 cm³/mol. The van der Waals surface area contributed by atoms with Crippen molar-refractivity contribution in [2.24, 2.45) is 0 Å². The summed E-state index contributed by atoms with van der Waals surface area (Å²) in [6, 6.07) is 21.9. The number of tetrazole rings is 1. The summed E-state index contributed by atoms with van der Waals surface area (Å²) in [5.74, 6) is 1.42. The Morgan fingerprint density at radius 2 is 1.86 bits per heavy atom. The highest BCUT2D eigenvalue weighted by atomic mass is 16.5. The molecular weight excluding hydrogens is 464 g/mol. The fraction of sp³-hybridized carbons (Fsp3) is 0.241. The van der Waals surface area contributed by atoms with Crippen molar-refractivity contribution < 1.29 is 4.74 Å². The molecule has 0 saturated heterocycles. The Hall–Kier alpha value is -4.46. The average Bonchev–Trinajstić information content (AvgIpc) is 3.53. The van der Waals surface area contributed by atoms with Crippen LogP contribution in [-0.4, -0.2) is 38.8 Å². The van der Waals surface area contributed by atoms with E-state index in [1.54, 1.807) is 11.8 Å². The zero-order valence-electron chi connectivity index (χ0n) is 21.1. The van der Waals surface area contributed by atoms with Gasteiger partial charge in [-0.05, 0) is 83.1 Å². The molecule has 0 bridgehead atoms. The van der Waals surface area contributed by atoms with Crippen molar-refractivity contribution in [2.75, 3.05) is 18.6 Å². The van der Waals surface area contributed by atoms with Crippen molar-refractivity contribution >= 4 is 16.6 Å². The monoisotopic (exact) mass is 492 g/mol. The molecule has 0 saturated carbocycles. The van der Waals surface area contributed by atoms with Gasteiger partial charge in [-0.25, -0.2) is 4.68 Å². The molecule has 8 nitrogen and oxygen atoms in total. The number of nitrogens with one attached hydrogen (secondary N) is 1. The van der Waals surface area contributed by atoms with Crippen LogP contribution in [0.3, 0.4) is 0 Å². The molecule has 0 spiro atoms. The Morgan fingerprint density at radius 1 is 1.05 bits per heavy atom. The Kier molecular flexibility index (Phi) is 5.71. The van der Waals surface area contributed by atoms with E-state index in [9.17, 15) is 4.79 Å². The van der Waals surface area contributed by atoms with Gasteiger partial charge in [0.15, 0.2) is 5.82 Å². The summed E-state index contributed by atoms with van der Waals surface area (Å²) in [5, 5.41) is 13.9. The lowest BCUT2D eigenvalue weighted by molar-refractivity contribution is 0.414. The first kappa shape index (κ1) is 23.0. The molecule has 8 heteroatoms. The van der Waals surface area contributed by atoms with Gasteiger partial charge in [0.1, 0.15) is 11.8 Å². The van der Waals surface area contributed by atoms with Gasteiger partial charge in [0, 0.05) is 17.8 Å². The summed E-state index contributed by atoms with van der Waals surface area (Å²) in [6.07, 6.45) is 0.899. The number of ether oxygens (including phenoxy) is 1. The van der Waals surface area contributed by atoms with E-state index in [0.29, 0.717) is 17.9 Å². The molecule has 0 amide bonds. The molecule has 186 valence electrons. The number of anilines is 1. The fourth-order valence-corrected chi connectivity index (χ4v) is 5.41. The van der Waals surface area contributed by atoms with Gasteiger partial charge in [-0.15, -0.1) is 5.10 Å². The van der Waals surface area contributed by atoms with Gasteiger partial charge in [0.05, 0.1) is 19.2 Å². The fourth-order valence-electron chi connectivity index (χ4n) is 5.41. The molecule has 1 N–H and O–H groups in total. The van der Waals surface area contributed by atoms with Crippen molar-refractivity contribution in [1.29, 1.82) is 0 Å². The van der Waals surface area contributed by atoms with Crippen molar-refractivity contribution in [3.63, 3.8) is 0 Å². The first-order valence-electron chi connectivity index (χ1n) is 12.4. The Balaban J connectivity index is 1.51. The third-order valence-electron chi connectivity index (χ3n) is 7.15. The molecule has 0 unspecified atom stereocenters. The maximum Gasteiger partial charge on any atom is 0.254 e. The third kappa shape index (κ3) is 4.14. The minimum atomic E-state index is -0.453. The predicted octanol–water partition coefficient (Wildman–Crippen LogP) is 4.34. The molecular formula is C29H28N6O2. The lowest BCUT2D eigenvalue weighted by atomic mass is 10.0. The van der Waals surface area contributed by atoms with Crippen molar-refractivity contribution in [1.82, 2.24) is 25.2 Å². The van der Waals surface area contributed by atoms with Gasteiger partial charge in [-0.2, -0.15) is 0 Å². The summed E-state index contributed by atoms with van der Waals surface area (Å²) in [5.41, 5.74) is 6.94. The summed E-state index contributed by atoms with van der Waals surface area (Å²) in [7, 11) is 1.65. The van der Waals surface area contributed by atoms with E-state index in [4.69, 9.17) is 4.74 Å². The van der Waals surface area contributed by atoms with Crippen LogP contribution < -0.4 is 15.2 Å². The van der Waals surface area contributed by atoms with E-state index < -0.39 is 6.04 Å². The maximum absolute atomic E-state index is 13.6. The molecule has 3 heterocycles. The van der Waals surface area contributed by atoms with Crippen LogP contribution in [0.15, 0.2) is 71.5 Å². The smallest absolute Gasteiger partial charge is 0.254 e. The molecule has 1 aliphatic heterocycles. The zero-order chi connectivity index (χ0) is 25.5. The van der Waals surface area contributed by atoms with E-state index in [1.807, 2.05) is 43.3 Å². The molecule has 1 atom stereocenters. The molecule has 1 aliphatic rings. The van der Waals surface area contributed by atoms with Crippen LogP contribution >= 0.6 is 0 Å². The second-order valence-corrected chi connectivity index (χ2v) is 9.62. The number of hydrogen-bond donors (Lipinski definition) is 1. The number of methoxy groups -OCH3 is 1. The summed E-state index contributed by atoms with van der Waals surface area (Å²) < 4.78 is 7.09. The normalized spacial score (nSPS) is 13.6. The third-order valence-corrected chi connectivity index (χ3v) is 7.15. The largest absolute Gasteiger partial charge is 0.497 e. The SMILES string of the molecule is COc1ccc(Cn2nnnc2[C@H](c2cc3cc(C)cc(C)c3[nH]c2=O)N2CCc3ccccc32)cc1. The molecule has 2 aromatic heterocycles. The van der Waals surface area contributed by atoms with E-state index in [2.05, 4.69) is 62.7 Å². The van der Waals surface area contributed by atoms with E-state index in [1.165, 1.54) is 5.56 Å². The lowest BCUT2D eigenvalue weighted by Crippen LogP contribution is -2.34. The number of aryl methyl sites for hydroxylation is 2. The Bertz CT molecular complexity index is 1650. The number of para-hydroxylation sites is 1. The Morgan fingerprint density at radius 3 is 2.68 bits per heavy atom. The van der Waals surface area contributed by atoms with Gasteiger partial charge in [-0.1, -0.05) is 42.0 Å². The highest BCUT2D eigenvalue weighted by molar-refractivity contribution is 5.83. The summed E-state index contributed by atoms with van der Waals surface area (Å²) >= 11 is 0. The number of pyridine rings is 1. The van der Waals surface area contributed by atoms with Crippen molar-refractivity contribution in [3.05, 3.63) is 111 Å². The second-order valence-electron chi connectivity index (χ2n) is 9.62. The summed E-state index contributed by atoms with van der Waals surface area (Å²) in [6.45, 7) is 5.33. The van der Waals surface area contributed by atoms with Crippen LogP contribution in [0.4, 0.5) is 5.69 Å². The van der Waals surface area contributed by atoms with Gasteiger partial charge >= 0.3 is 0 Å². The average molecular weight is 493 g/mol. The van der Waals surface area contributed by atoms with E-state index in [0.717, 1.165) is 52.0 Å². The standard InChI is InChI=1S/C29H28N6O2/c1-18-14-19(2)26-22(15-18)16-24(29(36)30-26)27(34-13-12-21-6-4-5-7-25(21)34)28-31-32-33-35(28)17-20-8-10-23(37-3)11-9-20/h4-11,14-16,27H,12-13,17H2,1-3H3,(H,30,36)/t27-/m0/s1. The number of hydrogen-bond acceptors (Lipinski definition) is 6. The number of fused-ring (bicyclic) bond motifs is 2. The second kappa shape index (κ2) is 9.20. The van der Waals surface area contributed by atoms with Gasteiger partial charge < -0.3 is 14.6 Å². The van der Waals surface area contributed by atoms with E-state index in [-0.39, 0.29) is 5.56 Å². The lowest BCUT2D eigenvalue weighted by Gasteiger charge is -2.29. The minimum absolute atomic E-state index is 0.132. The molecule has 0 aliphatic carbocycles. The zero-order valence-corrected chi connectivity index (χ0v) is 21.1. The minimum Gasteiger partial charge on any atom is -0.497 e. The summed E-state index contributed by atoms with van der Waals surface area (Å²) in [4.78, 5) is 19.0. The van der Waals surface area contributed by atoms with Gasteiger partial charge in [0.25, 0.3) is 5.56 Å². The number of aromatic amines is 1. The molecule has 3 aromatic carbocycles. The molecule has 0 fully saturated rings. The van der Waals surface area contributed by atoms with Gasteiger partial charge in [0.2, 0.25) is 0 Å². The number of H-pyrrole nitrogens is 1.